The third kappa shape index (κ3) is 11.7. The van der Waals surface area contributed by atoms with Gasteiger partial charge in [-0.25, -0.2) is 8.78 Å². The Kier molecular flexibility index (Phi) is 15.2. The molecule has 59 heavy (non-hydrogen) atoms. The van der Waals surface area contributed by atoms with Gasteiger partial charge >= 0.3 is 0 Å². The summed E-state index contributed by atoms with van der Waals surface area (Å²) in [5.41, 5.74) is 3.97. The molecule has 0 fully saturated rings. The molecule has 7 heteroatoms. The van der Waals surface area contributed by atoms with Crippen LogP contribution in [-0.2, 0) is 17.6 Å². The van der Waals surface area contributed by atoms with E-state index in [1.54, 1.807) is 12.1 Å². The van der Waals surface area contributed by atoms with E-state index in [4.69, 9.17) is 23.7 Å². The van der Waals surface area contributed by atoms with Crippen molar-refractivity contribution < 1.29 is 32.5 Å². The average Bonchev–Trinajstić information content (AvgIpc) is 3.22. The molecular weight excluding hydrogens is 743 g/mol. The second-order valence-electron chi connectivity index (χ2n) is 15.5. The molecule has 0 spiro atoms. The van der Waals surface area contributed by atoms with E-state index in [2.05, 4.69) is 52.0 Å². The van der Waals surface area contributed by atoms with Crippen molar-refractivity contribution in [3.8, 4) is 34.5 Å². The summed E-state index contributed by atoms with van der Waals surface area (Å²) in [7, 11) is 0. The minimum Gasteiger partial charge on any atom is -0.494 e. The van der Waals surface area contributed by atoms with E-state index < -0.39 is 11.6 Å². The maximum atomic E-state index is 15.3. The van der Waals surface area contributed by atoms with Crippen molar-refractivity contribution in [2.24, 2.45) is 11.8 Å². The van der Waals surface area contributed by atoms with Crippen molar-refractivity contribution in [2.45, 2.75) is 78.4 Å². The van der Waals surface area contributed by atoms with Gasteiger partial charge < -0.3 is 23.7 Å². The van der Waals surface area contributed by atoms with Crippen molar-refractivity contribution in [3.63, 3.8) is 0 Å². The van der Waals surface area contributed by atoms with Crippen molar-refractivity contribution >= 4 is 0 Å². The van der Waals surface area contributed by atoms with Crippen molar-refractivity contribution in [3.05, 3.63) is 179 Å². The van der Waals surface area contributed by atoms with Gasteiger partial charge in [-0.1, -0.05) is 100 Å². The first-order chi connectivity index (χ1) is 28.6. The van der Waals surface area contributed by atoms with Crippen LogP contribution in [0.5, 0.6) is 34.5 Å². The molecule has 6 aromatic carbocycles. The van der Waals surface area contributed by atoms with Gasteiger partial charge in [0.25, 0.3) is 0 Å². The largest absolute Gasteiger partial charge is 0.494 e. The average molecular weight is 799 g/mol. The van der Waals surface area contributed by atoms with Crippen LogP contribution < -0.4 is 18.9 Å². The molecule has 308 valence electrons. The monoisotopic (exact) mass is 798 g/mol. The van der Waals surface area contributed by atoms with Crippen LogP contribution in [0.1, 0.15) is 75.6 Å². The molecule has 0 aliphatic heterocycles. The van der Waals surface area contributed by atoms with E-state index in [0.29, 0.717) is 37.6 Å². The minimum atomic E-state index is -0.444. The zero-order valence-electron chi connectivity index (χ0n) is 34.9. The summed E-state index contributed by atoms with van der Waals surface area (Å²) in [5, 5.41) is 0. The highest BCUT2D eigenvalue weighted by Gasteiger charge is 2.35. The topological polar surface area (TPSA) is 46.2 Å². The van der Waals surface area contributed by atoms with Crippen molar-refractivity contribution in [1.29, 1.82) is 0 Å². The third-order valence-electron chi connectivity index (χ3n) is 10.5. The number of ether oxygens (including phenoxy) is 5. The maximum absolute atomic E-state index is 15.3. The van der Waals surface area contributed by atoms with E-state index in [-0.39, 0.29) is 47.4 Å². The number of hydrogen-bond donors (Lipinski definition) is 0. The van der Waals surface area contributed by atoms with Crippen LogP contribution in [0.15, 0.2) is 146 Å². The van der Waals surface area contributed by atoms with E-state index in [0.717, 1.165) is 33.8 Å². The van der Waals surface area contributed by atoms with Crippen molar-refractivity contribution in [1.82, 2.24) is 0 Å². The molecule has 4 unspecified atom stereocenters. The van der Waals surface area contributed by atoms with Gasteiger partial charge in [0, 0.05) is 11.8 Å². The number of hydrogen-bond acceptors (Lipinski definition) is 5. The van der Waals surface area contributed by atoms with Crippen LogP contribution >= 0.6 is 0 Å². The predicted molar refractivity (Wildman–Crippen MR) is 232 cm³/mol. The van der Waals surface area contributed by atoms with Crippen LogP contribution in [-0.4, -0.2) is 25.4 Å². The quantitative estimate of drug-likeness (QED) is 0.0770. The minimum absolute atomic E-state index is 0.0740. The fraction of sp³-hybridized carbons (Fsp3) is 0.308. The van der Waals surface area contributed by atoms with E-state index >= 15 is 8.78 Å². The summed E-state index contributed by atoms with van der Waals surface area (Å²) in [6.45, 7) is 13.9. The summed E-state index contributed by atoms with van der Waals surface area (Å²) in [4.78, 5) is 0. The van der Waals surface area contributed by atoms with Gasteiger partial charge in [-0.2, -0.15) is 0 Å². The summed E-state index contributed by atoms with van der Waals surface area (Å²) < 4.78 is 62.1. The Labute approximate surface area is 348 Å². The second kappa shape index (κ2) is 20.9. The summed E-state index contributed by atoms with van der Waals surface area (Å²) in [6.07, 6.45) is 0.185. The van der Waals surface area contributed by atoms with Gasteiger partial charge in [-0.3, -0.25) is 0 Å². The number of benzene rings is 6. The zero-order chi connectivity index (χ0) is 41.7. The van der Waals surface area contributed by atoms with Gasteiger partial charge in [0.1, 0.15) is 23.0 Å². The molecule has 0 saturated heterocycles. The lowest BCUT2D eigenvalue weighted by Crippen LogP contribution is -2.37. The molecule has 4 atom stereocenters. The molecule has 0 saturated carbocycles. The van der Waals surface area contributed by atoms with Gasteiger partial charge in [0.05, 0.1) is 25.4 Å². The zero-order valence-corrected chi connectivity index (χ0v) is 34.9. The fourth-order valence-corrected chi connectivity index (χ4v) is 7.91. The van der Waals surface area contributed by atoms with Crippen LogP contribution in [0.4, 0.5) is 8.78 Å². The van der Waals surface area contributed by atoms with E-state index in [1.807, 2.05) is 111 Å². The summed E-state index contributed by atoms with van der Waals surface area (Å²) >= 11 is 0. The molecular formula is C52H56F2O5. The smallest absolute Gasteiger partial charge is 0.165 e. The Balaban J connectivity index is 1.44. The molecule has 5 nitrogen and oxygen atoms in total. The first kappa shape index (κ1) is 42.9. The fourth-order valence-electron chi connectivity index (χ4n) is 7.91. The molecule has 0 radical (unpaired) electrons. The Bertz CT molecular complexity index is 2020. The van der Waals surface area contributed by atoms with Gasteiger partial charge in [-0.15, -0.1) is 0 Å². The van der Waals surface area contributed by atoms with Crippen LogP contribution in [0, 0.1) is 23.5 Å². The molecule has 6 aromatic rings. The summed E-state index contributed by atoms with van der Waals surface area (Å²) in [6, 6.07) is 45.1. The molecule has 0 N–H and O–H groups in total. The molecule has 6 rings (SSSR count). The Morgan fingerprint density at radius 3 is 1.15 bits per heavy atom. The number of halogens is 2. The molecule has 0 heterocycles. The lowest BCUT2D eigenvalue weighted by atomic mass is 9.79. The number of para-hydroxylation sites is 2. The second-order valence-corrected chi connectivity index (χ2v) is 15.5. The van der Waals surface area contributed by atoms with Crippen molar-refractivity contribution in [2.75, 3.05) is 13.2 Å². The maximum Gasteiger partial charge on any atom is 0.165 e. The van der Waals surface area contributed by atoms with Gasteiger partial charge in [0.15, 0.2) is 23.1 Å². The van der Waals surface area contributed by atoms with Crippen LogP contribution in [0.3, 0.4) is 0 Å². The summed E-state index contributed by atoms with van der Waals surface area (Å²) in [5.74, 6) is 2.27. The van der Waals surface area contributed by atoms with Gasteiger partial charge in [-0.05, 0) is 134 Å². The molecule has 0 aliphatic rings. The Morgan fingerprint density at radius 2 is 0.814 bits per heavy atom. The molecule has 0 aliphatic carbocycles. The molecule has 0 bridgehead atoms. The first-order valence-electron chi connectivity index (χ1n) is 20.7. The lowest BCUT2D eigenvalue weighted by molar-refractivity contribution is -0.0523. The Morgan fingerprint density at radius 1 is 0.441 bits per heavy atom. The van der Waals surface area contributed by atoms with Crippen LogP contribution in [0.2, 0.25) is 0 Å². The third-order valence-corrected chi connectivity index (χ3v) is 10.5. The SMILES string of the molecule is CCOc1ccc(C(C(C)C)C(Cc2ccc(F)c(Oc3ccccc3)c2)OC(Cc2ccc(F)c(Oc3ccccc3)c2)C(c2ccc(OCC)cc2)C(C)C)cc1. The highest BCUT2D eigenvalue weighted by molar-refractivity contribution is 5.39. The highest BCUT2D eigenvalue weighted by atomic mass is 19.1. The highest BCUT2D eigenvalue weighted by Crippen LogP contribution is 2.40. The number of rotatable bonds is 20. The molecule has 0 amide bonds. The lowest BCUT2D eigenvalue weighted by Gasteiger charge is -2.38. The van der Waals surface area contributed by atoms with Gasteiger partial charge in [0.2, 0.25) is 0 Å². The molecule has 0 aromatic heterocycles. The van der Waals surface area contributed by atoms with Crippen LogP contribution in [0.25, 0.3) is 0 Å². The predicted octanol–water partition coefficient (Wildman–Crippen LogP) is 13.8. The normalized spacial score (nSPS) is 13.5. The first-order valence-corrected chi connectivity index (χ1v) is 20.7. The van der Waals surface area contributed by atoms with E-state index in [9.17, 15) is 0 Å². The Hall–Kier alpha value is -5.66. The van der Waals surface area contributed by atoms with E-state index in [1.165, 1.54) is 12.1 Å². The standard InChI is InChI=1S/C52H56F2O5/c1-7-55-41-25-21-39(22-26-41)51(35(3)4)49(33-37-19-29-45(53)47(31-37)57-43-15-11-9-12-16-43)59-50(52(36(5)6)40-23-27-42(28-24-40)56-8-2)34-38-20-30-46(54)48(32-38)58-44-17-13-10-14-18-44/h9-32,35-36,49-52H,7-8,33-34H2,1-6H3.